The van der Waals surface area contributed by atoms with E-state index in [-0.39, 0.29) is 0 Å². The maximum Gasteiger partial charge on any atom is 0.133 e. The molecule has 0 heterocycles. The Morgan fingerprint density at radius 2 is 2.15 bits per heavy atom. The summed E-state index contributed by atoms with van der Waals surface area (Å²) in [4.78, 5) is 0. The third-order valence-corrected chi connectivity index (χ3v) is 2.05. The second kappa shape index (κ2) is 5.22. The number of hydrogen-bond donors (Lipinski definition) is 1. The van der Waals surface area contributed by atoms with Crippen molar-refractivity contribution in [1.82, 2.24) is 0 Å². The molecule has 0 unspecified atom stereocenters. The Labute approximate surface area is 80.7 Å². The standard InChI is InChI=1S/C9H8N2OS/c10-7-13-6-9(11-12)8-4-2-1-3-5-8/h1-5,12H,6H2/b11-9-. The summed E-state index contributed by atoms with van der Waals surface area (Å²) < 4.78 is 0. The highest BCUT2D eigenvalue weighted by Crippen LogP contribution is 2.06. The third-order valence-electron chi connectivity index (χ3n) is 1.50. The van der Waals surface area contributed by atoms with E-state index < -0.39 is 0 Å². The Kier molecular flexibility index (Phi) is 3.86. The van der Waals surface area contributed by atoms with Crippen LogP contribution in [-0.2, 0) is 0 Å². The molecular weight excluding hydrogens is 184 g/mol. The molecule has 0 saturated carbocycles. The van der Waals surface area contributed by atoms with Gasteiger partial charge in [-0.05, 0) is 11.8 Å². The fourth-order valence-electron chi connectivity index (χ4n) is 0.901. The molecule has 1 N–H and O–H groups in total. The van der Waals surface area contributed by atoms with E-state index in [1.54, 1.807) is 0 Å². The van der Waals surface area contributed by atoms with Gasteiger partial charge in [-0.2, -0.15) is 5.26 Å². The normalized spacial score (nSPS) is 10.8. The molecule has 1 rings (SSSR count). The second-order valence-corrected chi connectivity index (χ2v) is 3.05. The predicted molar refractivity (Wildman–Crippen MR) is 52.8 cm³/mol. The molecule has 0 bridgehead atoms. The van der Waals surface area contributed by atoms with Crippen LogP contribution in [0, 0.1) is 10.7 Å². The Morgan fingerprint density at radius 1 is 1.46 bits per heavy atom. The molecule has 66 valence electrons. The van der Waals surface area contributed by atoms with Crippen molar-refractivity contribution in [3.8, 4) is 5.40 Å². The molecule has 0 spiro atoms. The van der Waals surface area contributed by atoms with E-state index in [1.165, 1.54) is 0 Å². The Morgan fingerprint density at radius 3 is 2.69 bits per heavy atom. The van der Waals surface area contributed by atoms with Gasteiger partial charge in [-0.3, -0.25) is 0 Å². The molecule has 0 aliphatic heterocycles. The van der Waals surface area contributed by atoms with Crippen molar-refractivity contribution in [3.05, 3.63) is 35.9 Å². The summed E-state index contributed by atoms with van der Waals surface area (Å²) in [5.74, 6) is 0.400. The first-order chi connectivity index (χ1) is 6.38. The van der Waals surface area contributed by atoms with Crippen LogP contribution in [0.25, 0.3) is 0 Å². The number of hydrogen-bond acceptors (Lipinski definition) is 4. The predicted octanol–water partition coefficient (Wildman–Crippen LogP) is 2.08. The summed E-state index contributed by atoms with van der Waals surface area (Å²) in [5, 5.41) is 22.1. The van der Waals surface area contributed by atoms with Crippen LogP contribution in [0.1, 0.15) is 5.56 Å². The second-order valence-electron chi connectivity index (χ2n) is 2.29. The molecule has 0 radical (unpaired) electrons. The minimum atomic E-state index is 0.400. The molecule has 0 amide bonds. The van der Waals surface area contributed by atoms with Crippen molar-refractivity contribution in [2.45, 2.75) is 0 Å². The number of thiocyanates is 1. The number of nitrogens with zero attached hydrogens (tertiary/aromatic N) is 2. The number of nitriles is 1. The van der Waals surface area contributed by atoms with E-state index in [4.69, 9.17) is 10.5 Å². The van der Waals surface area contributed by atoms with Gasteiger partial charge < -0.3 is 5.21 Å². The van der Waals surface area contributed by atoms with E-state index in [0.29, 0.717) is 11.5 Å². The first-order valence-electron chi connectivity index (χ1n) is 3.65. The van der Waals surface area contributed by atoms with E-state index >= 15 is 0 Å². The van der Waals surface area contributed by atoms with Gasteiger partial charge in [0.15, 0.2) is 0 Å². The van der Waals surface area contributed by atoms with Crippen molar-refractivity contribution >= 4 is 17.5 Å². The van der Waals surface area contributed by atoms with Crippen LogP contribution in [0.3, 0.4) is 0 Å². The lowest BCUT2D eigenvalue weighted by Gasteiger charge is -1.99. The monoisotopic (exact) mass is 192 g/mol. The summed E-state index contributed by atoms with van der Waals surface area (Å²) in [6.45, 7) is 0. The summed E-state index contributed by atoms with van der Waals surface area (Å²) in [6, 6.07) is 9.28. The fourth-order valence-corrected chi connectivity index (χ4v) is 1.33. The molecule has 0 saturated heterocycles. The van der Waals surface area contributed by atoms with Crippen molar-refractivity contribution in [2.75, 3.05) is 5.75 Å². The zero-order valence-electron chi connectivity index (χ0n) is 6.84. The molecule has 0 aromatic heterocycles. The smallest absolute Gasteiger partial charge is 0.133 e. The summed E-state index contributed by atoms with van der Waals surface area (Å²) >= 11 is 1.05. The van der Waals surface area contributed by atoms with E-state index in [2.05, 4.69) is 5.16 Å². The zero-order valence-corrected chi connectivity index (χ0v) is 7.66. The Bertz CT molecular complexity index is 329. The largest absolute Gasteiger partial charge is 0.411 e. The third kappa shape index (κ3) is 2.80. The summed E-state index contributed by atoms with van der Waals surface area (Å²) in [7, 11) is 0. The molecule has 1 aromatic carbocycles. The first kappa shape index (κ1) is 9.62. The lowest BCUT2D eigenvalue weighted by atomic mass is 10.1. The summed E-state index contributed by atoms with van der Waals surface area (Å²) in [5.41, 5.74) is 1.36. The molecule has 1 aromatic rings. The quantitative estimate of drug-likeness (QED) is 0.345. The highest BCUT2D eigenvalue weighted by molar-refractivity contribution is 8.04. The zero-order chi connectivity index (χ0) is 9.52. The minimum absolute atomic E-state index is 0.400. The van der Waals surface area contributed by atoms with Crippen LogP contribution >= 0.6 is 11.8 Å². The molecule has 4 heteroatoms. The fraction of sp³-hybridized carbons (Fsp3) is 0.111. The first-order valence-corrected chi connectivity index (χ1v) is 4.64. The Balaban J connectivity index is 2.76. The van der Waals surface area contributed by atoms with Gasteiger partial charge in [0.1, 0.15) is 5.40 Å². The highest BCUT2D eigenvalue weighted by Gasteiger charge is 2.02. The average Bonchev–Trinajstić information content (AvgIpc) is 2.21. The van der Waals surface area contributed by atoms with Gasteiger partial charge in [0.25, 0.3) is 0 Å². The number of oxime groups is 1. The maximum atomic E-state index is 8.67. The van der Waals surface area contributed by atoms with Gasteiger partial charge in [0.2, 0.25) is 0 Å². The molecule has 0 atom stereocenters. The van der Waals surface area contributed by atoms with E-state index in [9.17, 15) is 0 Å². The SMILES string of the molecule is N#CSC/C(=N/O)c1ccccc1. The van der Waals surface area contributed by atoms with Crippen molar-refractivity contribution in [2.24, 2.45) is 5.16 Å². The number of rotatable bonds is 3. The number of thioether (sulfide) groups is 1. The van der Waals surface area contributed by atoms with Crippen molar-refractivity contribution in [3.63, 3.8) is 0 Å². The maximum absolute atomic E-state index is 8.67. The van der Waals surface area contributed by atoms with Crippen LogP contribution in [-0.4, -0.2) is 16.7 Å². The van der Waals surface area contributed by atoms with Crippen LogP contribution in [0.2, 0.25) is 0 Å². The van der Waals surface area contributed by atoms with Gasteiger partial charge >= 0.3 is 0 Å². The van der Waals surface area contributed by atoms with Gasteiger partial charge in [-0.1, -0.05) is 35.5 Å². The van der Waals surface area contributed by atoms with Crippen LogP contribution in [0.15, 0.2) is 35.5 Å². The molecule has 13 heavy (non-hydrogen) atoms. The van der Waals surface area contributed by atoms with Gasteiger partial charge in [0, 0.05) is 5.56 Å². The molecule has 0 aliphatic carbocycles. The lowest BCUT2D eigenvalue weighted by molar-refractivity contribution is 0.319. The van der Waals surface area contributed by atoms with E-state index in [1.807, 2.05) is 35.7 Å². The summed E-state index contributed by atoms with van der Waals surface area (Å²) in [6.07, 6.45) is 0. The topological polar surface area (TPSA) is 56.4 Å². The lowest BCUT2D eigenvalue weighted by Crippen LogP contribution is -2.03. The molecule has 3 nitrogen and oxygen atoms in total. The number of benzene rings is 1. The van der Waals surface area contributed by atoms with E-state index in [0.717, 1.165) is 17.3 Å². The van der Waals surface area contributed by atoms with Crippen molar-refractivity contribution < 1.29 is 5.21 Å². The van der Waals surface area contributed by atoms with Crippen molar-refractivity contribution in [1.29, 1.82) is 5.26 Å². The van der Waals surface area contributed by atoms with Crippen LogP contribution < -0.4 is 0 Å². The van der Waals surface area contributed by atoms with Gasteiger partial charge in [0.05, 0.1) is 11.5 Å². The van der Waals surface area contributed by atoms with Gasteiger partial charge in [-0.25, -0.2) is 0 Å². The van der Waals surface area contributed by atoms with Gasteiger partial charge in [-0.15, -0.1) is 0 Å². The average molecular weight is 192 g/mol. The highest BCUT2D eigenvalue weighted by atomic mass is 32.2. The Hall–Kier alpha value is -1.47. The molecule has 0 aliphatic rings. The minimum Gasteiger partial charge on any atom is -0.411 e. The molecule has 0 fully saturated rings. The molecular formula is C9H8N2OS. The van der Waals surface area contributed by atoms with Crippen LogP contribution in [0.5, 0.6) is 0 Å². The van der Waals surface area contributed by atoms with Crippen LogP contribution in [0.4, 0.5) is 0 Å².